The number of fused-ring (bicyclic) bond motifs is 1. The van der Waals surface area contributed by atoms with Crippen LogP contribution in [0.1, 0.15) is 17.0 Å². The lowest BCUT2D eigenvalue weighted by atomic mass is 10.2. The molecule has 120 valence electrons. The van der Waals surface area contributed by atoms with E-state index in [1.165, 1.54) is 10.6 Å². The van der Waals surface area contributed by atoms with Crippen LogP contribution in [0.2, 0.25) is 0 Å². The lowest BCUT2D eigenvalue weighted by Gasteiger charge is -2.08. The number of imidazole rings is 1. The molecule has 0 atom stereocenters. The second kappa shape index (κ2) is 5.92. The highest BCUT2D eigenvalue weighted by Gasteiger charge is 2.38. The minimum Gasteiger partial charge on any atom is -0.485 e. The molecule has 0 aliphatic carbocycles. The van der Waals surface area contributed by atoms with Crippen LogP contribution in [0.4, 0.5) is 13.2 Å². The molecule has 0 fully saturated rings. The Morgan fingerprint density at radius 3 is 2.48 bits per heavy atom. The van der Waals surface area contributed by atoms with E-state index >= 15 is 0 Å². The van der Waals surface area contributed by atoms with Crippen molar-refractivity contribution in [1.82, 2.24) is 9.38 Å². The zero-order valence-corrected chi connectivity index (χ0v) is 11.9. The molecule has 0 saturated heterocycles. The number of ether oxygens (including phenoxy) is 1. The third-order valence-corrected chi connectivity index (χ3v) is 3.37. The molecule has 23 heavy (non-hydrogen) atoms. The summed E-state index contributed by atoms with van der Waals surface area (Å²) >= 11 is 0. The van der Waals surface area contributed by atoms with Gasteiger partial charge < -0.3 is 9.84 Å². The van der Waals surface area contributed by atoms with Crippen molar-refractivity contribution in [3.63, 3.8) is 0 Å². The lowest BCUT2D eigenvalue weighted by Crippen LogP contribution is -2.09. The van der Waals surface area contributed by atoms with Gasteiger partial charge >= 0.3 is 6.18 Å². The normalized spacial score (nSPS) is 11.8. The van der Waals surface area contributed by atoms with E-state index in [-0.39, 0.29) is 23.7 Å². The standard InChI is InChI=1S/C16H13F3N2O2/c17-16(18,19)14-12(9-22)21-8-4-7-13(15(21)20-14)23-10-11-5-2-1-3-6-11/h1-8,22H,9-10H2. The SMILES string of the molecule is OCc1c(C(F)(F)F)nc2c(OCc3ccccc3)cccn12. The summed E-state index contributed by atoms with van der Waals surface area (Å²) in [5, 5.41) is 9.27. The molecule has 4 nitrogen and oxygen atoms in total. The van der Waals surface area contributed by atoms with Crippen LogP contribution in [-0.4, -0.2) is 14.5 Å². The summed E-state index contributed by atoms with van der Waals surface area (Å²) < 4.78 is 45.9. The van der Waals surface area contributed by atoms with E-state index in [0.717, 1.165) is 5.56 Å². The number of alkyl halides is 3. The summed E-state index contributed by atoms with van der Waals surface area (Å²) in [4.78, 5) is 3.62. The molecule has 2 heterocycles. The fourth-order valence-electron chi connectivity index (χ4n) is 2.32. The van der Waals surface area contributed by atoms with E-state index < -0.39 is 18.5 Å². The zero-order chi connectivity index (χ0) is 16.4. The van der Waals surface area contributed by atoms with E-state index in [2.05, 4.69) is 4.98 Å². The topological polar surface area (TPSA) is 46.8 Å². The van der Waals surface area contributed by atoms with Gasteiger partial charge in [0.25, 0.3) is 0 Å². The molecule has 0 aliphatic heterocycles. The van der Waals surface area contributed by atoms with Gasteiger partial charge in [0.2, 0.25) is 0 Å². The van der Waals surface area contributed by atoms with Crippen LogP contribution in [-0.2, 0) is 19.4 Å². The van der Waals surface area contributed by atoms with E-state index in [1.807, 2.05) is 30.3 Å². The van der Waals surface area contributed by atoms with Crippen molar-refractivity contribution in [1.29, 1.82) is 0 Å². The summed E-state index contributed by atoms with van der Waals surface area (Å²) in [7, 11) is 0. The Labute approximate surface area is 129 Å². The predicted molar refractivity (Wildman–Crippen MR) is 76.9 cm³/mol. The summed E-state index contributed by atoms with van der Waals surface area (Å²) in [5.74, 6) is 0.224. The monoisotopic (exact) mass is 322 g/mol. The van der Waals surface area contributed by atoms with Gasteiger partial charge in [0, 0.05) is 6.20 Å². The summed E-state index contributed by atoms with van der Waals surface area (Å²) in [6, 6.07) is 12.4. The maximum Gasteiger partial charge on any atom is 0.435 e. The van der Waals surface area contributed by atoms with Crippen molar-refractivity contribution < 1.29 is 23.0 Å². The van der Waals surface area contributed by atoms with Gasteiger partial charge in [-0.25, -0.2) is 4.98 Å². The minimum absolute atomic E-state index is 0.0276. The number of pyridine rings is 1. The molecule has 0 saturated carbocycles. The molecule has 2 aromatic heterocycles. The average molecular weight is 322 g/mol. The van der Waals surface area contributed by atoms with Crippen molar-refractivity contribution in [3.8, 4) is 5.75 Å². The first-order valence-electron chi connectivity index (χ1n) is 6.85. The number of rotatable bonds is 4. The van der Waals surface area contributed by atoms with Crippen molar-refractivity contribution in [2.24, 2.45) is 0 Å². The van der Waals surface area contributed by atoms with Crippen LogP contribution in [0.5, 0.6) is 5.75 Å². The lowest BCUT2D eigenvalue weighted by molar-refractivity contribution is -0.142. The van der Waals surface area contributed by atoms with Gasteiger partial charge in [-0.3, -0.25) is 4.40 Å². The van der Waals surface area contributed by atoms with Crippen LogP contribution in [0, 0.1) is 0 Å². The van der Waals surface area contributed by atoms with Gasteiger partial charge in [-0.15, -0.1) is 0 Å². The number of benzene rings is 1. The molecule has 3 rings (SSSR count). The molecular weight excluding hydrogens is 309 g/mol. The Hall–Kier alpha value is -2.54. The van der Waals surface area contributed by atoms with Gasteiger partial charge in [-0.1, -0.05) is 30.3 Å². The Morgan fingerprint density at radius 1 is 1.09 bits per heavy atom. The van der Waals surface area contributed by atoms with Crippen LogP contribution in [0.15, 0.2) is 48.7 Å². The summed E-state index contributed by atoms with van der Waals surface area (Å²) in [6.07, 6.45) is -3.22. The molecule has 1 aromatic carbocycles. The van der Waals surface area contributed by atoms with E-state index in [4.69, 9.17) is 4.74 Å². The van der Waals surface area contributed by atoms with Crippen LogP contribution in [0.3, 0.4) is 0 Å². The van der Waals surface area contributed by atoms with Crippen molar-refractivity contribution in [3.05, 3.63) is 65.6 Å². The number of aliphatic hydroxyl groups excluding tert-OH is 1. The molecule has 0 radical (unpaired) electrons. The zero-order valence-electron chi connectivity index (χ0n) is 11.9. The Morgan fingerprint density at radius 2 is 1.83 bits per heavy atom. The first kappa shape index (κ1) is 15.4. The van der Waals surface area contributed by atoms with Crippen molar-refractivity contribution in [2.75, 3.05) is 0 Å². The van der Waals surface area contributed by atoms with Gasteiger partial charge in [0.1, 0.15) is 6.61 Å². The number of hydrogen-bond donors (Lipinski definition) is 1. The quantitative estimate of drug-likeness (QED) is 0.800. The Kier molecular flexibility index (Phi) is 3.96. The van der Waals surface area contributed by atoms with Crippen LogP contribution >= 0.6 is 0 Å². The molecular formula is C16H13F3N2O2. The second-order valence-corrected chi connectivity index (χ2v) is 4.90. The highest BCUT2D eigenvalue weighted by molar-refractivity contribution is 5.56. The van der Waals surface area contributed by atoms with E-state index in [1.54, 1.807) is 12.1 Å². The number of nitrogens with zero attached hydrogens (tertiary/aromatic N) is 2. The molecule has 3 aromatic rings. The number of hydrogen-bond acceptors (Lipinski definition) is 3. The van der Waals surface area contributed by atoms with Crippen molar-refractivity contribution >= 4 is 5.65 Å². The Bertz CT molecular complexity index is 813. The molecule has 0 amide bonds. The first-order valence-corrected chi connectivity index (χ1v) is 6.85. The number of halogens is 3. The Balaban J connectivity index is 2.00. The minimum atomic E-state index is -4.64. The maximum absolute atomic E-state index is 13.0. The fourth-order valence-corrected chi connectivity index (χ4v) is 2.32. The fraction of sp³-hybridized carbons (Fsp3) is 0.188. The van der Waals surface area contributed by atoms with E-state index in [0.29, 0.717) is 0 Å². The molecule has 0 unspecified atom stereocenters. The van der Waals surface area contributed by atoms with Crippen LogP contribution < -0.4 is 4.74 Å². The highest BCUT2D eigenvalue weighted by atomic mass is 19.4. The van der Waals surface area contributed by atoms with Crippen molar-refractivity contribution in [2.45, 2.75) is 19.4 Å². The maximum atomic E-state index is 13.0. The third kappa shape index (κ3) is 3.00. The predicted octanol–water partition coefficient (Wildman–Crippen LogP) is 3.42. The largest absolute Gasteiger partial charge is 0.485 e. The van der Waals surface area contributed by atoms with Crippen LogP contribution in [0.25, 0.3) is 5.65 Å². The average Bonchev–Trinajstić information content (AvgIpc) is 2.93. The van der Waals surface area contributed by atoms with Gasteiger partial charge in [0.15, 0.2) is 17.1 Å². The van der Waals surface area contributed by atoms with Gasteiger partial charge in [-0.05, 0) is 17.7 Å². The molecule has 0 bridgehead atoms. The summed E-state index contributed by atoms with van der Waals surface area (Å²) in [5.41, 5.74) is -0.493. The molecule has 0 aliphatic rings. The summed E-state index contributed by atoms with van der Waals surface area (Å²) in [6.45, 7) is -0.554. The molecule has 0 spiro atoms. The number of aromatic nitrogens is 2. The molecule has 1 N–H and O–H groups in total. The second-order valence-electron chi connectivity index (χ2n) is 4.90. The van der Waals surface area contributed by atoms with Gasteiger partial charge in [0.05, 0.1) is 12.3 Å². The first-order chi connectivity index (χ1) is 11.0. The third-order valence-electron chi connectivity index (χ3n) is 3.37. The highest BCUT2D eigenvalue weighted by Crippen LogP contribution is 2.34. The smallest absolute Gasteiger partial charge is 0.435 e. The molecule has 7 heteroatoms. The van der Waals surface area contributed by atoms with E-state index in [9.17, 15) is 18.3 Å². The van der Waals surface area contributed by atoms with Gasteiger partial charge in [-0.2, -0.15) is 13.2 Å². The number of aliphatic hydroxyl groups is 1.